The molecule has 1 spiro atoms. The molecule has 436 valence electrons. The van der Waals surface area contributed by atoms with E-state index in [9.17, 15) is 66.4 Å². The summed E-state index contributed by atoms with van der Waals surface area (Å²) in [6.45, 7) is 15.0. The molecule has 4 saturated carbocycles. The Labute approximate surface area is 444 Å². The van der Waals surface area contributed by atoms with Gasteiger partial charge in [-0.1, -0.05) is 53.7 Å². The minimum atomic E-state index is -2.04. The lowest BCUT2D eigenvalue weighted by Crippen LogP contribution is -2.72. The van der Waals surface area contributed by atoms with Crippen molar-refractivity contribution in [1.82, 2.24) is 0 Å². The number of rotatable bonds is 11. The molecule has 31 unspecified atom stereocenters. The van der Waals surface area contributed by atoms with E-state index in [1.807, 2.05) is 6.92 Å². The molecule has 10 rings (SSSR count). The van der Waals surface area contributed by atoms with Gasteiger partial charge in [-0.25, -0.2) is 0 Å². The molecular formula is C54H88O22. The molecule has 0 aromatic rings. The zero-order valence-electron chi connectivity index (χ0n) is 45.1. The number of ether oxygens (including phenoxy) is 9. The number of aliphatic hydroxyl groups excluding tert-OH is 13. The fourth-order valence-electron chi connectivity index (χ4n) is 17.2. The predicted molar refractivity (Wildman–Crippen MR) is 261 cm³/mol. The van der Waals surface area contributed by atoms with Crippen molar-refractivity contribution in [3.8, 4) is 0 Å². The molecule has 2 bridgehead atoms. The molecule has 0 radical (unpaired) electrons. The normalized spacial score (nSPS) is 58.7. The van der Waals surface area contributed by atoms with Crippen LogP contribution in [0.1, 0.15) is 107 Å². The fraction of sp³-hybridized carbons (Fsp3) is 0.963. The molecule has 76 heavy (non-hydrogen) atoms. The number of hydrogen-bond donors (Lipinski definition) is 13. The maximum atomic E-state index is 12.3. The van der Waals surface area contributed by atoms with E-state index in [4.69, 9.17) is 42.6 Å². The van der Waals surface area contributed by atoms with Crippen LogP contribution >= 0.6 is 0 Å². The molecular weight excluding hydrogens is 1000 g/mol. The molecule has 22 nitrogen and oxygen atoms in total. The Morgan fingerprint density at radius 3 is 1.70 bits per heavy atom. The first-order valence-electron chi connectivity index (χ1n) is 27.8. The second-order valence-electron chi connectivity index (χ2n) is 26.6. The van der Waals surface area contributed by atoms with Crippen LogP contribution in [0.2, 0.25) is 0 Å². The third kappa shape index (κ3) is 8.54. The molecule has 0 aromatic carbocycles. The van der Waals surface area contributed by atoms with Gasteiger partial charge < -0.3 is 109 Å². The lowest BCUT2D eigenvalue weighted by molar-refractivity contribution is -0.404. The van der Waals surface area contributed by atoms with Crippen molar-refractivity contribution in [3.05, 3.63) is 12.2 Å². The van der Waals surface area contributed by atoms with Gasteiger partial charge in [0.2, 0.25) is 0 Å². The SMILES string of the molecule is CC1OC(OC2C(CO)OC(OC3C(O)C(CO)OC(OC4CCC5(C)C(CCC6(C)C5C=CC57OCC8(CCC(C)(C)CC85)C(O)CC67C)C4(C)CO)C3OC3OC(C)C(O)C(O)C3O)C(O)C2O)C(O)C(O)C1O. The summed E-state index contributed by atoms with van der Waals surface area (Å²) in [5, 5.41) is 145. The summed E-state index contributed by atoms with van der Waals surface area (Å²) in [5.41, 5.74) is -2.85. The van der Waals surface area contributed by atoms with Gasteiger partial charge >= 0.3 is 0 Å². The summed E-state index contributed by atoms with van der Waals surface area (Å²) < 4.78 is 56.4. The van der Waals surface area contributed by atoms with Gasteiger partial charge in [0.05, 0.1) is 56.4 Å². The van der Waals surface area contributed by atoms with Crippen LogP contribution in [0.3, 0.4) is 0 Å². The van der Waals surface area contributed by atoms with Gasteiger partial charge in [0.15, 0.2) is 25.2 Å². The fourth-order valence-corrected chi connectivity index (χ4v) is 17.2. The van der Waals surface area contributed by atoms with Crippen molar-refractivity contribution in [3.63, 3.8) is 0 Å². The number of aliphatic hydroxyl groups is 13. The average Bonchev–Trinajstić information content (AvgIpc) is 3.81. The summed E-state index contributed by atoms with van der Waals surface area (Å²) in [7, 11) is 0. The third-order valence-corrected chi connectivity index (χ3v) is 22.1. The Balaban J connectivity index is 0.941. The zero-order chi connectivity index (χ0) is 55.2. The number of fused-ring (bicyclic) bond motifs is 4. The van der Waals surface area contributed by atoms with Crippen LogP contribution in [0.15, 0.2) is 12.2 Å². The molecule has 13 N–H and O–H groups in total. The first-order chi connectivity index (χ1) is 35.6. The molecule has 10 aliphatic rings. The van der Waals surface area contributed by atoms with Crippen molar-refractivity contribution in [1.29, 1.82) is 0 Å². The minimum absolute atomic E-state index is 0.0115. The second kappa shape index (κ2) is 20.3. The number of hydrogen-bond acceptors (Lipinski definition) is 22. The summed E-state index contributed by atoms with van der Waals surface area (Å²) >= 11 is 0. The van der Waals surface area contributed by atoms with E-state index < -0.39 is 170 Å². The lowest BCUT2D eigenvalue weighted by atomic mass is 9.32. The molecule has 5 aliphatic heterocycles. The summed E-state index contributed by atoms with van der Waals surface area (Å²) in [6, 6.07) is 0. The monoisotopic (exact) mass is 1090 g/mol. The Morgan fingerprint density at radius 2 is 1.09 bits per heavy atom. The van der Waals surface area contributed by atoms with Gasteiger partial charge in [-0.3, -0.25) is 0 Å². The van der Waals surface area contributed by atoms with Crippen LogP contribution in [0, 0.1) is 50.2 Å². The zero-order valence-corrected chi connectivity index (χ0v) is 45.1. The molecule has 22 heteroatoms. The van der Waals surface area contributed by atoms with E-state index >= 15 is 0 Å². The molecule has 0 aromatic heterocycles. The van der Waals surface area contributed by atoms with Crippen LogP contribution in [-0.4, -0.2) is 233 Å². The topological polar surface area (TPSA) is 346 Å². The Bertz CT molecular complexity index is 2100. The highest BCUT2D eigenvalue weighted by molar-refractivity contribution is 5.36. The molecule has 5 saturated heterocycles. The highest BCUT2D eigenvalue weighted by Gasteiger charge is 2.79. The van der Waals surface area contributed by atoms with Crippen LogP contribution in [0.25, 0.3) is 0 Å². The van der Waals surface area contributed by atoms with E-state index in [2.05, 4.69) is 46.8 Å². The van der Waals surface area contributed by atoms with Gasteiger partial charge in [-0.2, -0.15) is 0 Å². The number of allylic oxidation sites excluding steroid dienone is 1. The first kappa shape index (κ1) is 58.1. The van der Waals surface area contributed by atoms with Crippen molar-refractivity contribution in [2.45, 2.75) is 247 Å². The van der Waals surface area contributed by atoms with E-state index in [0.717, 1.165) is 25.7 Å². The van der Waals surface area contributed by atoms with Crippen molar-refractivity contribution in [2.75, 3.05) is 26.4 Å². The van der Waals surface area contributed by atoms with Crippen molar-refractivity contribution >= 4 is 0 Å². The standard InChI is InChI=1S/C54H88O22/c1-23-32(59)35(62)38(65)44(69-23)74-41-26(20-56)72-46(40(67)37(41)64)75-42-34(61)25(19-55)71-47(43(42)76-45-39(66)36(63)33(60)24(2)70-45)73-31-11-12-49(5)27(50(31,6)21-57)9-13-51(7)28(49)10-14-54-29-17-48(3,4)15-16-53(29,22-68-54)30(58)18-52(51,54)8/h10,14,23-47,55-67H,9,11-13,15-22H2,1-8H3. The first-order valence-corrected chi connectivity index (χ1v) is 27.8. The van der Waals surface area contributed by atoms with E-state index in [-0.39, 0.29) is 40.6 Å². The largest absolute Gasteiger partial charge is 0.396 e. The van der Waals surface area contributed by atoms with Gasteiger partial charge in [0, 0.05) is 22.2 Å². The minimum Gasteiger partial charge on any atom is -0.396 e. The van der Waals surface area contributed by atoms with Gasteiger partial charge in [0.25, 0.3) is 0 Å². The molecule has 5 aliphatic carbocycles. The lowest BCUT2D eigenvalue weighted by Gasteiger charge is -2.73. The molecule has 0 amide bonds. The highest BCUT2D eigenvalue weighted by Crippen LogP contribution is 2.79. The summed E-state index contributed by atoms with van der Waals surface area (Å²) in [6.07, 6.45) is -23.7. The Morgan fingerprint density at radius 1 is 0.526 bits per heavy atom. The maximum Gasteiger partial charge on any atom is 0.187 e. The van der Waals surface area contributed by atoms with E-state index in [1.54, 1.807) is 0 Å². The van der Waals surface area contributed by atoms with Crippen LogP contribution in [0.5, 0.6) is 0 Å². The van der Waals surface area contributed by atoms with Gasteiger partial charge in [-0.15, -0.1) is 0 Å². The third-order valence-electron chi connectivity index (χ3n) is 22.1. The van der Waals surface area contributed by atoms with E-state index in [1.165, 1.54) is 13.8 Å². The molecule has 31 atom stereocenters. The smallest absolute Gasteiger partial charge is 0.187 e. The Hall–Kier alpha value is -1.14. The average molecular weight is 1090 g/mol. The summed E-state index contributed by atoms with van der Waals surface area (Å²) in [4.78, 5) is 0. The highest BCUT2D eigenvalue weighted by atomic mass is 16.8. The summed E-state index contributed by atoms with van der Waals surface area (Å²) in [5.74, 6) is 0.0187. The van der Waals surface area contributed by atoms with Crippen molar-refractivity contribution in [2.24, 2.45) is 50.2 Å². The van der Waals surface area contributed by atoms with Crippen LogP contribution in [-0.2, 0) is 42.6 Å². The van der Waals surface area contributed by atoms with Crippen LogP contribution in [0.4, 0.5) is 0 Å². The Kier molecular flexibility index (Phi) is 15.5. The maximum absolute atomic E-state index is 12.3. The van der Waals surface area contributed by atoms with Crippen LogP contribution < -0.4 is 0 Å². The van der Waals surface area contributed by atoms with Gasteiger partial charge in [-0.05, 0) is 93.3 Å². The molecule has 5 heterocycles. The predicted octanol–water partition coefficient (Wildman–Crippen LogP) is -1.55. The quantitative estimate of drug-likeness (QED) is 0.0823. The second-order valence-corrected chi connectivity index (χ2v) is 26.6. The molecule has 9 fully saturated rings. The van der Waals surface area contributed by atoms with Crippen molar-refractivity contribution < 1.29 is 109 Å². The van der Waals surface area contributed by atoms with E-state index in [0.29, 0.717) is 32.3 Å². The van der Waals surface area contributed by atoms with Gasteiger partial charge in [0.1, 0.15) is 85.5 Å².